The minimum atomic E-state index is -3.83. The van der Waals surface area contributed by atoms with Gasteiger partial charge < -0.3 is 0 Å². The SMILES string of the molecule is Cc1[nH]ncc1S(=O)(=O)Nc1cccc([N+](=O)[O-])c1C. The van der Waals surface area contributed by atoms with Crippen molar-refractivity contribution < 1.29 is 13.3 Å². The van der Waals surface area contributed by atoms with E-state index in [1.54, 1.807) is 6.92 Å². The van der Waals surface area contributed by atoms with E-state index in [9.17, 15) is 18.5 Å². The van der Waals surface area contributed by atoms with E-state index < -0.39 is 14.9 Å². The van der Waals surface area contributed by atoms with Crippen LogP contribution in [0.5, 0.6) is 0 Å². The highest BCUT2D eigenvalue weighted by molar-refractivity contribution is 7.92. The second-order valence-corrected chi connectivity index (χ2v) is 5.82. The summed E-state index contributed by atoms with van der Waals surface area (Å²) in [7, 11) is -3.83. The van der Waals surface area contributed by atoms with Crippen LogP contribution in [-0.2, 0) is 10.0 Å². The molecular formula is C11H12N4O4S. The van der Waals surface area contributed by atoms with Crippen LogP contribution in [0.15, 0.2) is 29.3 Å². The molecule has 0 unspecified atom stereocenters. The molecule has 2 aromatic rings. The molecule has 2 N–H and O–H groups in total. The Hall–Kier alpha value is -2.42. The van der Waals surface area contributed by atoms with Gasteiger partial charge in [0.2, 0.25) is 0 Å². The Bertz CT molecular complexity index is 766. The number of rotatable bonds is 4. The average molecular weight is 296 g/mol. The van der Waals surface area contributed by atoms with E-state index in [4.69, 9.17) is 0 Å². The van der Waals surface area contributed by atoms with Crippen LogP contribution in [-0.4, -0.2) is 23.5 Å². The van der Waals surface area contributed by atoms with Gasteiger partial charge >= 0.3 is 0 Å². The van der Waals surface area contributed by atoms with Gasteiger partial charge in [-0.05, 0) is 19.9 Å². The summed E-state index contributed by atoms with van der Waals surface area (Å²) in [4.78, 5) is 10.3. The summed E-state index contributed by atoms with van der Waals surface area (Å²) in [6.07, 6.45) is 1.18. The second kappa shape index (κ2) is 4.93. The number of H-pyrrole nitrogens is 1. The van der Waals surface area contributed by atoms with E-state index in [1.807, 2.05) is 0 Å². The molecule has 2 rings (SSSR count). The van der Waals surface area contributed by atoms with Gasteiger partial charge in [-0.2, -0.15) is 5.10 Å². The summed E-state index contributed by atoms with van der Waals surface area (Å²) in [6, 6.07) is 4.21. The fourth-order valence-corrected chi connectivity index (χ4v) is 3.00. The highest BCUT2D eigenvalue weighted by atomic mass is 32.2. The molecule has 0 atom stereocenters. The predicted octanol–water partition coefficient (Wildman–Crippen LogP) is 1.74. The van der Waals surface area contributed by atoms with E-state index in [2.05, 4.69) is 14.9 Å². The lowest BCUT2D eigenvalue weighted by molar-refractivity contribution is -0.385. The number of hydrogen-bond donors (Lipinski definition) is 2. The summed E-state index contributed by atoms with van der Waals surface area (Å²) in [5.74, 6) is 0. The van der Waals surface area contributed by atoms with Crippen molar-refractivity contribution in [1.29, 1.82) is 0 Å². The van der Waals surface area contributed by atoms with Crippen molar-refractivity contribution in [2.75, 3.05) is 4.72 Å². The molecule has 106 valence electrons. The van der Waals surface area contributed by atoms with E-state index in [1.165, 1.54) is 31.3 Å². The molecule has 9 heteroatoms. The molecule has 0 spiro atoms. The number of hydrogen-bond acceptors (Lipinski definition) is 5. The number of nitrogens with one attached hydrogen (secondary N) is 2. The monoisotopic (exact) mass is 296 g/mol. The van der Waals surface area contributed by atoms with Crippen molar-refractivity contribution in [2.24, 2.45) is 0 Å². The van der Waals surface area contributed by atoms with Gasteiger partial charge in [-0.25, -0.2) is 8.42 Å². The number of aromatic nitrogens is 2. The number of sulfonamides is 1. The van der Waals surface area contributed by atoms with Crippen molar-refractivity contribution in [1.82, 2.24) is 10.2 Å². The molecule has 0 aliphatic rings. The summed E-state index contributed by atoms with van der Waals surface area (Å²) < 4.78 is 26.7. The normalized spacial score (nSPS) is 11.3. The van der Waals surface area contributed by atoms with Crippen molar-refractivity contribution in [3.63, 3.8) is 0 Å². The van der Waals surface area contributed by atoms with Crippen LogP contribution in [0.3, 0.4) is 0 Å². The van der Waals surface area contributed by atoms with Gasteiger partial charge in [-0.15, -0.1) is 0 Å². The molecule has 0 aliphatic heterocycles. The lowest BCUT2D eigenvalue weighted by atomic mass is 10.2. The van der Waals surface area contributed by atoms with Crippen LogP contribution in [0, 0.1) is 24.0 Å². The third-order valence-corrected chi connectivity index (χ3v) is 4.30. The molecule has 1 aromatic heterocycles. The molecule has 0 radical (unpaired) electrons. The van der Waals surface area contributed by atoms with E-state index in [-0.39, 0.29) is 21.8 Å². The predicted molar refractivity (Wildman–Crippen MR) is 72.0 cm³/mol. The highest BCUT2D eigenvalue weighted by Gasteiger charge is 2.21. The van der Waals surface area contributed by atoms with Crippen molar-refractivity contribution in [3.05, 3.63) is 45.8 Å². The number of anilines is 1. The Balaban J connectivity index is 2.43. The van der Waals surface area contributed by atoms with Crippen LogP contribution >= 0.6 is 0 Å². The highest BCUT2D eigenvalue weighted by Crippen LogP contribution is 2.27. The van der Waals surface area contributed by atoms with Crippen LogP contribution in [0.25, 0.3) is 0 Å². The summed E-state index contributed by atoms with van der Waals surface area (Å²) in [5, 5.41) is 17.0. The maximum Gasteiger partial charge on any atom is 0.274 e. The minimum absolute atomic E-state index is 0.00315. The smallest absolute Gasteiger partial charge is 0.274 e. The topological polar surface area (TPSA) is 118 Å². The first-order valence-electron chi connectivity index (χ1n) is 5.59. The molecule has 1 aromatic carbocycles. The van der Waals surface area contributed by atoms with E-state index >= 15 is 0 Å². The Morgan fingerprint density at radius 3 is 2.60 bits per heavy atom. The number of nitro benzene ring substituents is 1. The average Bonchev–Trinajstić information content (AvgIpc) is 2.78. The molecule has 8 nitrogen and oxygen atoms in total. The van der Waals surface area contributed by atoms with Crippen LogP contribution in [0.1, 0.15) is 11.3 Å². The largest absolute Gasteiger partial charge is 0.281 e. The Morgan fingerprint density at radius 2 is 2.05 bits per heavy atom. The van der Waals surface area contributed by atoms with Gasteiger partial charge in [0.05, 0.1) is 28.1 Å². The number of aromatic amines is 1. The molecule has 0 saturated heterocycles. The van der Waals surface area contributed by atoms with Crippen LogP contribution in [0.4, 0.5) is 11.4 Å². The van der Waals surface area contributed by atoms with E-state index in [0.717, 1.165) is 0 Å². The van der Waals surface area contributed by atoms with E-state index in [0.29, 0.717) is 5.69 Å². The quantitative estimate of drug-likeness (QED) is 0.658. The van der Waals surface area contributed by atoms with Gasteiger partial charge in [-0.3, -0.25) is 19.9 Å². The number of benzene rings is 1. The maximum atomic E-state index is 12.2. The first kappa shape index (κ1) is 14.0. The second-order valence-electron chi connectivity index (χ2n) is 4.17. The lowest BCUT2D eigenvalue weighted by Crippen LogP contribution is -2.14. The fourth-order valence-electron chi connectivity index (χ4n) is 1.74. The van der Waals surface area contributed by atoms with Gasteiger partial charge in [0.1, 0.15) is 4.90 Å². The molecular weight excluding hydrogens is 284 g/mol. The van der Waals surface area contributed by atoms with Gasteiger partial charge in [0, 0.05) is 6.07 Å². The summed E-state index contributed by atoms with van der Waals surface area (Å²) in [6.45, 7) is 3.06. The Kier molecular flexibility index (Phi) is 3.45. The number of nitrogens with zero attached hydrogens (tertiary/aromatic N) is 2. The molecule has 0 amide bonds. The molecule has 20 heavy (non-hydrogen) atoms. The van der Waals surface area contributed by atoms with Gasteiger partial charge in [0.15, 0.2) is 0 Å². The molecule has 0 aliphatic carbocycles. The first-order valence-corrected chi connectivity index (χ1v) is 7.08. The number of aryl methyl sites for hydroxylation is 1. The number of nitro groups is 1. The van der Waals surface area contributed by atoms with Crippen molar-refractivity contribution >= 4 is 21.4 Å². The summed E-state index contributed by atoms with van der Waals surface area (Å²) >= 11 is 0. The van der Waals surface area contributed by atoms with Crippen LogP contribution in [0.2, 0.25) is 0 Å². The molecule has 0 saturated carbocycles. The maximum absolute atomic E-state index is 12.2. The standard InChI is InChI=1S/C11H12N4O4S/c1-7-9(4-3-5-10(7)15(16)17)14-20(18,19)11-6-12-13-8(11)2/h3-6,14H,1-2H3,(H,12,13). The van der Waals surface area contributed by atoms with Crippen molar-refractivity contribution in [3.8, 4) is 0 Å². The molecule has 0 fully saturated rings. The molecule has 1 heterocycles. The summed E-state index contributed by atoms with van der Waals surface area (Å²) in [5.41, 5.74) is 0.664. The zero-order valence-electron chi connectivity index (χ0n) is 10.7. The third-order valence-electron chi connectivity index (χ3n) is 2.82. The van der Waals surface area contributed by atoms with Gasteiger partial charge in [-0.1, -0.05) is 6.07 Å². The lowest BCUT2D eigenvalue weighted by Gasteiger charge is -2.09. The first-order chi connectivity index (χ1) is 9.33. The van der Waals surface area contributed by atoms with Crippen LogP contribution < -0.4 is 4.72 Å². The zero-order valence-corrected chi connectivity index (χ0v) is 11.6. The molecule has 0 bridgehead atoms. The zero-order chi connectivity index (χ0) is 14.9. The Morgan fingerprint density at radius 1 is 1.35 bits per heavy atom. The fraction of sp³-hybridized carbons (Fsp3) is 0.182. The third kappa shape index (κ3) is 2.48. The van der Waals surface area contributed by atoms with Gasteiger partial charge in [0.25, 0.3) is 15.7 Å². The van der Waals surface area contributed by atoms with Crippen molar-refractivity contribution in [2.45, 2.75) is 18.7 Å². The Labute approximate surface area is 115 Å². The minimum Gasteiger partial charge on any atom is -0.281 e.